The van der Waals surface area contributed by atoms with Gasteiger partial charge in [0.25, 0.3) is 0 Å². The Labute approximate surface area is 117 Å². The lowest BCUT2D eigenvalue weighted by Gasteiger charge is -2.22. The fraction of sp³-hybridized carbons (Fsp3) is 0.750. The van der Waals surface area contributed by atoms with Crippen molar-refractivity contribution in [2.45, 2.75) is 45.4 Å². The molecule has 0 aliphatic rings. The second-order valence-electron chi connectivity index (χ2n) is 5.13. The SMILES string of the molecule is COC(=O)C(CO)NC(=O)[C@H](C)NC(=O)OC(C)(C)C. The maximum atomic E-state index is 11.7. The van der Waals surface area contributed by atoms with Crippen molar-refractivity contribution in [1.29, 1.82) is 0 Å². The lowest BCUT2D eigenvalue weighted by Crippen LogP contribution is -2.52. The number of hydrogen-bond acceptors (Lipinski definition) is 6. The first-order chi connectivity index (χ1) is 9.10. The van der Waals surface area contributed by atoms with E-state index in [-0.39, 0.29) is 0 Å². The topological polar surface area (TPSA) is 114 Å². The zero-order valence-electron chi connectivity index (χ0n) is 12.4. The van der Waals surface area contributed by atoms with Crippen LogP contribution in [0.2, 0.25) is 0 Å². The number of carbonyl (C=O) groups excluding carboxylic acids is 3. The van der Waals surface area contributed by atoms with Crippen molar-refractivity contribution in [3.63, 3.8) is 0 Å². The molecule has 116 valence electrons. The van der Waals surface area contributed by atoms with Gasteiger partial charge in [0.1, 0.15) is 11.6 Å². The van der Waals surface area contributed by atoms with Crippen molar-refractivity contribution in [2.75, 3.05) is 13.7 Å². The van der Waals surface area contributed by atoms with Gasteiger partial charge in [-0.25, -0.2) is 9.59 Å². The molecule has 0 saturated carbocycles. The largest absolute Gasteiger partial charge is 0.467 e. The Morgan fingerprint density at radius 2 is 1.75 bits per heavy atom. The minimum atomic E-state index is -1.17. The summed E-state index contributed by atoms with van der Waals surface area (Å²) in [6, 6.07) is -2.10. The van der Waals surface area contributed by atoms with Crippen molar-refractivity contribution in [2.24, 2.45) is 0 Å². The first-order valence-electron chi connectivity index (χ1n) is 6.09. The van der Waals surface area contributed by atoms with Crippen molar-refractivity contribution in [3.8, 4) is 0 Å². The molecule has 0 aliphatic carbocycles. The lowest BCUT2D eigenvalue weighted by atomic mass is 10.2. The average molecular weight is 290 g/mol. The van der Waals surface area contributed by atoms with Crippen LogP contribution in [0.15, 0.2) is 0 Å². The predicted octanol–water partition coefficient (Wildman–Crippen LogP) is -0.450. The molecule has 0 bridgehead atoms. The van der Waals surface area contributed by atoms with Crippen molar-refractivity contribution >= 4 is 18.0 Å². The number of alkyl carbamates (subject to hydrolysis) is 1. The Balaban J connectivity index is 4.41. The monoisotopic (exact) mass is 290 g/mol. The molecule has 0 aromatic carbocycles. The third-order valence-corrected chi connectivity index (χ3v) is 2.11. The van der Waals surface area contributed by atoms with Gasteiger partial charge in [-0.3, -0.25) is 4.79 Å². The first kappa shape index (κ1) is 18.2. The molecule has 0 saturated heterocycles. The van der Waals surface area contributed by atoms with Gasteiger partial charge in [0.2, 0.25) is 5.91 Å². The van der Waals surface area contributed by atoms with Crippen LogP contribution in [0, 0.1) is 0 Å². The first-order valence-corrected chi connectivity index (χ1v) is 6.09. The summed E-state index contributed by atoms with van der Waals surface area (Å²) < 4.78 is 9.39. The molecule has 0 fully saturated rings. The van der Waals surface area contributed by atoms with Crippen molar-refractivity contribution < 1.29 is 29.0 Å². The van der Waals surface area contributed by atoms with Gasteiger partial charge in [0.15, 0.2) is 6.04 Å². The van der Waals surface area contributed by atoms with E-state index in [2.05, 4.69) is 15.4 Å². The number of aliphatic hydroxyl groups is 1. The van der Waals surface area contributed by atoms with Crippen molar-refractivity contribution in [3.05, 3.63) is 0 Å². The summed E-state index contributed by atoms with van der Waals surface area (Å²) in [5.74, 6) is -1.41. The molecule has 8 nitrogen and oxygen atoms in total. The molecule has 0 aromatic rings. The summed E-state index contributed by atoms with van der Waals surface area (Å²) in [5, 5.41) is 13.5. The van der Waals surface area contributed by atoms with Crippen LogP contribution in [0.3, 0.4) is 0 Å². The molecule has 1 unspecified atom stereocenters. The quantitative estimate of drug-likeness (QED) is 0.591. The van der Waals surface area contributed by atoms with Gasteiger partial charge in [-0.05, 0) is 27.7 Å². The Morgan fingerprint density at radius 3 is 2.15 bits per heavy atom. The van der Waals surface area contributed by atoms with Gasteiger partial charge < -0.3 is 25.2 Å². The number of aliphatic hydroxyl groups excluding tert-OH is 1. The molecule has 0 aromatic heterocycles. The van der Waals surface area contributed by atoms with E-state index in [9.17, 15) is 14.4 Å². The number of amides is 2. The summed E-state index contributed by atoms with van der Waals surface area (Å²) in [6.07, 6.45) is -0.751. The predicted molar refractivity (Wildman–Crippen MR) is 69.9 cm³/mol. The molecule has 2 amide bonds. The van der Waals surface area contributed by atoms with E-state index in [0.29, 0.717) is 0 Å². The summed E-state index contributed by atoms with van der Waals surface area (Å²) in [5.41, 5.74) is -0.681. The molecule has 0 rings (SSSR count). The number of methoxy groups -OCH3 is 1. The van der Waals surface area contributed by atoms with Crippen LogP contribution in [0.4, 0.5) is 4.79 Å². The fourth-order valence-corrected chi connectivity index (χ4v) is 1.17. The molecular weight excluding hydrogens is 268 g/mol. The Bertz CT molecular complexity index is 363. The summed E-state index contributed by atoms with van der Waals surface area (Å²) in [6.45, 7) is 5.89. The maximum absolute atomic E-state index is 11.7. The number of carbonyl (C=O) groups is 3. The Hall–Kier alpha value is -1.83. The minimum absolute atomic E-state index is 0.600. The summed E-state index contributed by atoms with van der Waals surface area (Å²) in [4.78, 5) is 34.4. The van der Waals surface area contributed by atoms with Crippen LogP contribution in [0.5, 0.6) is 0 Å². The molecule has 0 spiro atoms. The van der Waals surface area contributed by atoms with Gasteiger partial charge in [-0.1, -0.05) is 0 Å². The van der Waals surface area contributed by atoms with E-state index in [0.717, 1.165) is 7.11 Å². The molecule has 2 atom stereocenters. The highest BCUT2D eigenvalue weighted by atomic mass is 16.6. The fourth-order valence-electron chi connectivity index (χ4n) is 1.17. The van der Waals surface area contributed by atoms with Gasteiger partial charge in [0.05, 0.1) is 13.7 Å². The van der Waals surface area contributed by atoms with E-state index < -0.39 is 42.3 Å². The van der Waals surface area contributed by atoms with E-state index in [1.807, 2.05) is 0 Å². The molecule has 3 N–H and O–H groups in total. The number of nitrogens with one attached hydrogen (secondary N) is 2. The van der Waals surface area contributed by atoms with E-state index in [4.69, 9.17) is 9.84 Å². The zero-order chi connectivity index (χ0) is 15.9. The highest BCUT2D eigenvalue weighted by Crippen LogP contribution is 2.06. The van der Waals surface area contributed by atoms with Crippen LogP contribution in [-0.4, -0.2) is 54.5 Å². The highest BCUT2D eigenvalue weighted by molar-refractivity contribution is 5.89. The summed E-state index contributed by atoms with van der Waals surface area (Å²) >= 11 is 0. The Kier molecular flexibility index (Phi) is 6.98. The second-order valence-corrected chi connectivity index (χ2v) is 5.13. The average Bonchev–Trinajstić information content (AvgIpc) is 2.31. The molecule has 0 heterocycles. The van der Waals surface area contributed by atoms with Crippen LogP contribution in [0.25, 0.3) is 0 Å². The van der Waals surface area contributed by atoms with Crippen molar-refractivity contribution in [1.82, 2.24) is 10.6 Å². The Morgan fingerprint density at radius 1 is 1.20 bits per heavy atom. The minimum Gasteiger partial charge on any atom is -0.467 e. The van der Waals surface area contributed by atoms with Gasteiger partial charge in [0, 0.05) is 0 Å². The molecule has 0 aliphatic heterocycles. The van der Waals surface area contributed by atoms with E-state index in [1.165, 1.54) is 6.92 Å². The van der Waals surface area contributed by atoms with E-state index >= 15 is 0 Å². The second kappa shape index (κ2) is 7.68. The molecule has 20 heavy (non-hydrogen) atoms. The smallest absolute Gasteiger partial charge is 0.408 e. The van der Waals surface area contributed by atoms with Crippen LogP contribution < -0.4 is 10.6 Å². The zero-order valence-corrected chi connectivity index (χ0v) is 12.4. The number of hydrogen-bond donors (Lipinski definition) is 3. The summed E-state index contributed by atoms with van der Waals surface area (Å²) in [7, 11) is 1.14. The highest BCUT2D eigenvalue weighted by Gasteiger charge is 2.25. The third kappa shape index (κ3) is 6.93. The molecule has 0 radical (unpaired) electrons. The normalized spacial score (nSPS) is 13.9. The maximum Gasteiger partial charge on any atom is 0.408 e. The van der Waals surface area contributed by atoms with Gasteiger partial charge >= 0.3 is 12.1 Å². The third-order valence-electron chi connectivity index (χ3n) is 2.11. The molecular formula is C12H22N2O6. The molecule has 8 heteroatoms. The van der Waals surface area contributed by atoms with Gasteiger partial charge in [-0.15, -0.1) is 0 Å². The lowest BCUT2D eigenvalue weighted by molar-refractivity contribution is -0.146. The van der Waals surface area contributed by atoms with Gasteiger partial charge in [-0.2, -0.15) is 0 Å². The van der Waals surface area contributed by atoms with Crippen LogP contribution in [-0.2, 0) is 19.1 Å². The standard InChI is InChI=1S/C12H22N2O6/c1-7(13-11(18)20-12(2,3)4)9(16)14-8(6-15)10(17)19-5/h7-8,15H,6H2,1-5H3,(H,13,18)(H,14,16)/t7-,8?/m0/s1. The number of esters is 1. The van der Waals surface area contributed by atoms with E-state index in [1.54, 1.807) is 20.8 Å². The number of ether oxygens (including phenoxy) is 2. The number of rotatable bonds is 5. The van der Waals surface area contributed by atoms with Crippen LogP contribution in [0.1, 0.15) is 27.7 Å². The van der Waals surface area contributed by atoms with Crippen LogP contribution >= 0.6 is 0 Å².